The molecule has 1 aliphatic heterocycles. The van der Waals surface area contributed by atoms with Crippen LogP contribution in [0, 0.1) is 0 Å². The van der Waals surface area contributed by atoms with Crippen LogP contribution in [0.3, 0.4) is 0 Å². The van der Waals surface area contributed by atoms with Gasteiger partial charge in [-0.15, -0.1) is 24.8 Å². The maximum atomic E-state index is 5.33. The van der Waals surface area contributed by atoms with E-state index in [1.165, 1.54) is 16.5 Å². The minimum absolute atomic E-state index is 0. The number of methoxy groups -OCH3 is 1. The van der Waals surface area contributed by atoms with Crippen molar-refractivity contribution in [3.63, 3.8) is 0 Å². The summed E-state index contributed by atoms with van der Waals surface area (Å²) < 4.78 is 5.33. The maximum Gasteiger partial charge on any atom is 0.119 e. The molecule has 118 valence electrons. The highest BCUT2D eigenvalue weighted by molar-refractivity contribution is 5.86. The van der Waals surface area contributed by atoms with Gasteiger partial charge in [0.2, 0.25) is 0 Å². The van der Waals surface area contributed by atoms with Crippen LogP contribution in [0.25, 0.3) is 10.9 Å². The molecule has 1 atom stereocenters. The predicted molar refractivity (Wildman–Crippen MR) is 92.2 cm³/mol. The summed E-state index contributed by atoms with van der Waals surface area (Å²) in [5.74, 6) is 0.917. The molecule has 1 aliphatic rings. The number of rotatable bonds is 3. The fraction of sp³-hybridized carbons (Fsp3) is 0.467. The Morgan fingerprint density at radius 3 is 2.57 bits per heavy atom. The highest BCUT2D eigenvalue weighted by atomic mass is 35.5. The van der Waals surface area contributed by atoms with Gasteiger partial charge in [0.1, 0.15) is 5.75 Å². The van der Waals surface area contributed by atoms with Gasteiger partial charge >= 0.3 is 0 Å². The molecule has 2 N–H and O–H groups in total. The number of hydrogen-bond acceptors (Lipinski definition) is 3. The molecule has 21 heavy (non-hydrogen) atoms. The van der Waals surface area contributed by atoms with Gasteiger partial charge in [-0.25, -0.2) is 0 Å². The smallest absolute Gasteiger partial charge is 0.119 e. The third-order valence-electron chi connectivity index (χ3n) is 4.07. The summed E-state index contributed by atoms with van der Waals surface area (Å²) in [6.45, 7) is 6.66. The van der Waals surface area contributed by atoms with E-state index < -0.39 is 0 Å². The molecule has 0 radical (unpaired) electrons. The summed E-state index contributed by atoms with van der Waals surface area (Å²) in [5, 5.41) is 4.67. The summed E-state index contributed by atoms with van der Waals surface area (Å²) >= 11 is 0. The Labute approximate surface area is 138 Å². The number of piperazine rings is 1. The molecule has 2 aromatic rings. The van der Waals surface area contributed by atoms with E-state index in [0.717, 1.165) is 31.9 Å². The normalized spacial score (nSPS) is 16.9. The second-order valence-electron chi connectivity index (χ2n) is 5.12. The molecule has 1 aromatic heterocycles. The van der Waals surface area contributed by atoms with Crippen LogP contribution < -0.4 is 10.1 Å². The topological polar surface area (TPSA) is 40.3 Å². The fourth-order valence-electron chi connectivity index (χ4n) is 2.86. The monoisotopic (exact) mass is 331 g/mol. The summed E-state index contributed by atoms with van der Waals surface area (Å²) in [6, 6.07) is 6.64. The SMILES string of the molecule is COc1ccc2[nH]cc([C@@H](C)N3CCNCC3)c2c1.Cl.Cl. The van der Waals surface area contributed by atoms with Crippen molar-refractivity contribution in [2.75, 3.05) is 33.3 Å². The number of fused-ring (bicyclic) bond motifs is 1. The van der Waals surface area contributed by atoms with E-state index in [4.69, 9.17) is 4.74 Å². The van der Waals surface area contributed by atoms with E-state index in [-0.39, 0.29) is 24.8 Å². The lowest BCUT2D eigenvalue weighted by molar-refractivity contribution is 0.186. The van der Waals surface area contributed by atoms with Crippen LogP contribution in [-0.4, -0.2) is 43.2 Å². The number of H-pyrrole nitrogens is 1. The zero-order chi connectivity index (χ0) is 13.2. The van der Waals surface area contributed by atoms with E-state index in [2.05, 4.69) is 40.5 Å². The molecule has 0 spiro atoms. The number of hydrogen-bond donors (Lipinski definition) is 2. The van der Waals surface area contributed by atoms with Gasteiger partial charge in [0.15, 0.2) is 0 Å². The molecule has 3 rings (SSSR count). The third-order valence-corrected chi connectivity index (χ3v) is 4.07. The van der Waals surface area contributed by atoms with Gasteiger partial charge in [-0.05, 0) is 30.7 Å². The van der Waals surface area contributed by atoms with Crippen molar-refractivity contribution in [1.29, 1.82) is 0 Å². The van der Waals surface area contributed by atoms with E-state index in [0.29, 0.717) is 6.04 Å². The zero-order valence-corrected chi connectivity index (χ0v) is 14.0. The van der Waals surface area contributed by atoms with Gasteiger partial charge in [-0.2, -0.15) is 0 Å². The number of halogens is 2. The van der Waals surface area contributed by atoms with Crippen molar-refractivity contribution in [1.82, 2.24) is 15.2 Å². The highest BCUT2D eigenvalue weighted by Gasteiger charge is 2.20. The lowest BCUT2D eigenvalue weighted by Gasteiger charge is -2.32. The van der Waals surface area contributed by atoms with E-state index >= 15 is 0 Å². The quantitative estimate of drug-likeness (QED) is 0.908. The molecule has 0 bridgehead atoms. The first kappa shape index (κ1) is 18.1. The summed E-state index contributed by atoms with van der Waals surface area (Å²) in [6.07, 6.45) is 2.14. The van der Waals surface area contributed by atoms with Crippen molar-refractivity contribution >= 4 is 35.7 Å². The van der Waals surface area contributed by atoms with Crippen molar-refractivity contribution in [2.45, 2.75) is 13.0 Å². The van der Waals surface area contributed by atoms with Gasteiger partial charge in [0, 0.05) is 49.3 Å². The maximum absolute atomic E-state index is 5.33. The molecule has 4 nitrogen and oxygen atoms in total. The predicted octanol–water partition coefficient (Wildman–Crippen LogP) is 2.99. The van der Waals surface area contributed by atoms with Crippen molar-refractivity contribution < 1.29 is 4.74 Å². The van der Waals surface area contributed by atoms with Gasteiger partial charge in [0.25, 0.3) is 0 Å². The van der Waals surface area contributed by atoms with Gasteiger partial charge in [-0.3, -0.25) is 4.90 Å². The first-order valence-electron chi connectivity index (χ1n) is 6.89. The molecule has 0 unspecified atom stereocenters. The van der Waals surface area contributed by atoms with Gasteiger partial charge in [0.05, 0.1) is 7.11 Å². The number of aromatic nitrogens is 1. The van der Waals surface area contributed by atoms with E-state index in [1.54, 1.807) is 7.11 Å². The average molecular weight is 332 g/mol. The van der Waals surface area contributed by atoms with Crippen molar-refractivity contribution in [2.24, 2.45) is 0 Å². The van der Waals surface area contributed by atoms with Crippen LogP contribution in [0.5, 0.6) is 5.75 Å². The second-order valence-corrected chi connectivity index (χ2v) is 5.12. The lowest BCUT2D eigenvalue weighted by atomic mass is 10.0. The van der Waals surface area contributed by atoms with Gasteiger partial charge < -0.3 is 15.0 Å². The molecule has 1 saturated heterocycles. The summed E-state index contributed by atoms with van der Waals surface area (Å²) in [5.41, 5.74) is 2.54. The number of aromatic amines is 1. The molecular weight excluding hydrogens is 309 g/mol. The lowest BCUT2D eigenvalue weighted by Crippen LogP contribution is -2.44. The standard InChI is InChI=1S/C15H21N3O.2ClH/c1-11(18-7-5-16-6-8-18)14-10-17-15-4-3-12(19-2)9-13(14)15;;/h3-4,9-11,16-17H,5-8H2,1-2H3;2*1H/t11-;;/m1../s1. The Morgan fingerprint density at radius 1 is 1.19 bits per heavy atom. The van der Waals surface area contributed by atoms with Crippen molar-refractivity contribution in [3.05, 3.63) is 30.0 Å². The van der Waals surface area contributed by atoms with Crippen LogP contribution in [-0.2, 0) is 0 Å². The molecule has 0 aliphatic carbocycles. The Bertz CT molecular complexity index is 567. The van der Waals surface area contributed by atoms with E-state index in [1.807, 2.05) is 6.07 Å². The molecule has 0 amide bonds. The van der Waals surface area contributed by atoms with Crippen LogP contribution in [0.4, 0.5) is 0 Å². The number of nitrogens with zero attached hydrogens (tertiary/aromatic N) is 1. The molecular formula is C15H23Cl2N3O. The first-order chi connectivity index (χ1) is 9.29. The van der Waals surface area contributed by atoms with E-state index in [9.17, 15) is 0 Å². The third kappa shape index (κ3) is 3.64. The average Bonchev–Trinajstić information content (AvgIpc) is 2.90. The number of ether oxygens (including phenoxy) is 1. The second kappa shape index (κ2) is 7.90. The minimum atomic E-state index is 0. The fourth-order valence-corrected chi connectivity index (χ4v) is 2.86. The number of nitrogens with one attached hydrogen (secondary N) is 2. The van der Waals surface area contributed by atoms with Gasteiger partial charge in [-0.1, -0.05) is 0 Å². The summed E-state index contributed by atoms with van der Waals surface area (Å²) in [4.78, 5) is 5.89. The largest absolute Gasteiger partial charge is 0.497 e. The number of benzene rings is 1. The van der Waals surface area contributed by atoms with Crippen LogP contribution in [0.1, 0.15) is 18.5 Å². The Balaban J connectivity index is 0.00000110. The zero-order valence-electron chi connectivity index (χ0n) is 12.4. The molecule has 6 heteroatoms. The summed E-state index contributed by atoms with van der Waals surface area (Å²) in [7, 11) is 1.72. The van der Waals surface area contributed by atoms with Crippen LogP contribution in [0.15, 0.2) is 24.4 Å². The molecule has 1 fully saturated rings. The minimum Gasteiger partial charge on any atom is -0.497 e. The first-order valence-corrected chi connectivity index (χ1v) is 6.89. The van der Waals surface area contributed by atoms with Crippen LogP contribution >= 0.6 is 24.8 Å². The Kier molecular flexibility index (Phi) is 6.81. The molecule has 0 saturated carbocycles. The van der Waals surface area contributed by atoms with Crippen LogP contribution in [0.2, 0.25) is 0 Å². The highest BCUT2D eigenvalue weighted by Crippen LogP contribution is 2.30. The molecule has 1 aromatic carbocycles. The van der Waals surface area contributed by atoms with Crippen molar-refractivity contribution in [3.8, 4) is 5.75 Å². The molecule has 2 heterocycles. The Hall–Kier alpha value is -0.940. The Morgan fingerprint density at radius 2 is 1.90 bits per heavy atom.